The van der Waals surface area contributed by atoms with Crippen LogP contribution < -0.4 is 0 Å². The first-order chi connectivity index (χ1) is 26.9. The minimum atomic E-state index is -1.49. The van der Waals surface area contributed by atoms with Crippen LogP contribution in [0.4, 0.5) is 0 Å². The second-order valence-corrected chi connectivity index (χ2v) is 16.0. The molecule has 0 aliphatic carbocycles. The van der Waals surface area contributed by atoms with Crippen LogP contribution in [0.3, 0.4) is 0 Å². The highest BCUT2D eigenvalue weighted by molar-refractivity contribution is 5.72. The highest BCUT2D eigenvalue weighted by Crippen LogP contribution is 2.37. The van der Waals surface area contributed by atoms with Gasteiger partial charge in [0, 0.05) is 39.2 Å². The van der Waals surface area contributed by atoms with E-state index >= 15 is 0 Å². The Labute approximate surface area is 337 Å². The Balaban J connectivity index is 2.01. The summed E-state index contributed by atoms with van der Waals surface area (Å²) in [6.45, 7) is 11.8. The Hall–Kier alpha value is -2.80. The van der Waals surface area contributed by atoms with Crippen LogP contribution in [0, 0.1) is 11.8 Å². The Kier molecular flexibility index (Phi) is 19.2. The van der Waals surface area contributed by atoms with Crippen LogP contribution in [0.1, 0.15) is 93.4 Å². The lowest BCUT2D eigenvalue weighted by Gasteiger charge is -2.50. The van der Waals surface area contributed by atoms with Gasteiger partial charge in [-0.25, -0.2) is 0 Å². The van der Waals surface area contributed by atoms with Crippen molar-refractivity contribution in [3.05, 3.63) is 24.3 Å². The van der Waals surface area contributed by atoms with Gasteiger partial charge in [-0.05, 0) is 60.0 Å². The summed E-state index contributed by atoms with van der Waals surface area (Å²) >= 11 is 0. The van der Waals surface area contributed by atoms with Crippen molar-refractivity contribution in [3.8, 4) is 0 Å². The number of ether oxygens (including phenoxy) is 8. The number of nitrogens with zero attached hydrogens (tertiary/aromatic N) is 1. The summed E-state index contributed by atoms with van der Waals surface area (Å²) in [5.74, 6) is -2.82. The lowest BCUT2D eigenvalue weighted by molar-refractivity contribution is -0.344. The van der Waals surface area contributed by atoms with Gasteiger partial charge in [0.05, 0.1) is 36.9 Å². The molecule has 0 saturated carbocycles. The Morgan fingerprint density at radius 2 is 1.63 bits per heavy atom. The van der Waals surface area contributed by atoms with Crippen LogP contribution in [0.2, 0.25) is 0 Å². The summed E-state index contributed by atoms with van der Waals surface area (Å²) in [6.07, 6.45) is -4.08. The van der Waals surface area contributed by atoms with Crippen molar-refractivity contribution in [2.75, 3.05) is 21.2 Å². The molecule has 0 spiro atoms. The van der Waals surface area contributed by atoms with Gasteiger partial charge in [-0.1, -0.05) is 45.1 Å². The van der Waals surface area contributed by atoms with E-state index in [1.807, 2.05) is 13.0 Å². The second kappa shape index (κ2) is 22.5. The molecule has 2 fully saturated rings. The molecule has 0 aromatic rings. The molecule has 16 nitrogen and oxygen atoms in total. The van der Waals surface area contributed by atoms with E-state index in [1.54, 1.807) is 78.8 Å². The van der Waals surface area contributed by atoms with Crippen LogP contribution in [-0.4, -0.2) is 151 Å². The molecule has 3 N–H and O–H groups in total. The van der Waals surface area contributed by atoms with Crippen molar-refractivity contribution in [3.63, 3.8) is 0 Å². The average molecular weight is 814 g/mol. The van der Waals surface area contributed by atoms with Crippen molar-refractivity contribution in [2.45, 2.75) is 179 Å². The number of cyclic esters (lactones) is 1. The van der Waals surface area contributed by atoms with Crippen molar-refractivity contribution < 1.29 is 72.4 Å². The number of aldehydes is 1. The summed E-state index contributed by atoms with van der Waals surface area (Å²) in [7, 11) is 4.86. The van der Waals surface area contributed by atoms with Crippen molar-refractivity contribution in [2.24, 2.45) is 11.8 Å². The number of rotatable bonds is 12. The summed E-state index contributed by atoms with van der Waals surface area (Å²) < 4.78 is 48.5. The number of esters is 3. The third kappa shape index (κ3) is 13.6. The molecular formula is C41H67NO15. The number of carbonyl (C=O) groups excluding carboxylic acids is 4. The molecule has 3 heterocycles. The number of hydrogen-bond donors (Lipinski definition) is 3. The van der Waals surface area contributed by atoms with Gasteiger partial charge in [-0.2, -0.15) is 0 Å². The number of hydrogen-bond acceptors (Lipinski definition) is 16. The first kappa shape index (κ1) is 48.6. The third-order valence-corrected chi connectivity index (χ3v) is 10.9. The van der Waals surface area contributed by atoms with E-state index in [0.29, 0.717) is 12.7 Å². The molecule has 0 aromatic heterocycles. The van der Waals surface area contributed by atoms with Gasteiger partial charge in [0.25, 0.3) is 0 Å². The highest BCUT2D eigenvalue weighted by atomic mass is 16.7. The minimum absolute atomic E-state index is 0.000633. The van der Waals surface area contributed by atoms with Crippen molar-refractivity contribution >= 4 is 24.2 Å². The zero-order valence-electron chi connectivity index (χ0n) is 35.2. The summed E-state index contributed by atoms with van der Waals surface area (Å²) in [4.78, 5) is 52.3. The molecule has 16 atom stereocenters. The molecule has 0 amide bonds. The predicted octanol–water partition coefficient (Wildman–Crippen LogP) is 2.77. The van der Waals surface area contributed by atoms with Crippen LogP contribution in [0.15, 0.2) is 24.3 Å². The fourth-order valence-corrected chi connectivity index (χ4v) is 7.82. The van der Waals surface area contributed by atoms with Crippen LogP contribution in [-0.2, 0) is 57.1 Å². The van der Waals surface area contributed by atoms with Crippen LogP contribution in [0.25, 0.3) is 0 Å². The number of likely N-dealkylation sites (N-methyl/N-ethyl adjacent to an activating group) is 1. The predicted molar refractivity (Wildman–Crippen MR) is 205 cm³/mol. The normalized spacial score (nSPS) is 40.0. The molecule has 0 unspecified atom stereocenters. The van der Waals surface area contributed by atoms with E-state index in [-0.39, 0.29) is 32.1 Å². The second-order valence-electron chi connectivity index (χ2n) is 16.0. The molecule has 3 rings (SSSR count). The number of allylic oxidation sites excluding steroid dienone is 2. The quantitative estimate of drug-likeness (QED) is 0.147. The number of methoxy groups -OCH3 is 1. The first-order valence-electron chi connectivity index (χ1n) is 20.1. The topological polar surface area (TPSA) is 206 Å². The standard InChI is InChI=1S/C41H67NO15/c1-11-30(45)54-29-21-32(47)51-24(4)16-14-13-15-17-28(44)23(3)20-27(18-19-43)37(38(29)50-10)57-40-35(48)34(42(8)9)36(25(5)53-40)56-33-22-41(7,49)39(26(6)52-33)55-31(46)12-2/h13-15,17,19,23-29,33-40,44,48-49H,11-12,16,18,20-22H2,1-10H3/t23-,24-,25-,26+,27+,28+,29+,33+,34-,35-,36-,37+,38+,39+,40+,41-/m0/s1. The van der Waals surface area contributed by atoms with Crippen molar-refractivity contribution in [1.82, 2.24) is 4.90 Å². The lowest BCUT2D eigenvalue weighted by atomic mass is 9.82. The van der Waals surface area contributed by atoms with Gasteiger partial charge in [0.1, 0.15) is 42.4 Å². The van der Waals surface area contributed by atoms with Crippen LogP contribution in [0.5, 0.6) is 0 Å². The number of aliphatic hydroxyl groups excluding tert-OH is 2. The number of aliphatic hydroxyl groups is 3. The maximum absolute atomic E-state index is 13.3. The molecule has 0 bridgehead atoms. The van der Waals surface area contributed by atoms with E-state index in [0.717, 1.165) is 0 Å². The van der Waals surface area contributed by atoms with E-state index < -0.39 is 121 Å². The lowest BCUT2D eigenvalue weighted by Crippen LogP contribution is -2.66. The zero-order chi connectivity index (χ0) is 42.6. The Morgan fingerprint density at radius 1 is 0.965 bits per heavy atom. The zero-order valence-corrected chi connectivity index (χ0v) is 35.2. The van der Waals surface area contributed by atoms with Gasteiger partial charge in [-0.3, -0.25) is 14.4 Å². The Morgan fingerprint density at radius 3 is 2.23 bits per heavy atom. The average Bonchev–Trinajstić information content (AvgIpc) is 3.13. The molecule has 16 heteroatoms. The smallest absolute Gasteiger partial charge is 0.309 e. The van der Waals surface area contributed by atoms with Crippen LogP contribution >= 0.6 is 0 Å². The van der Waals surface area contributed by atoms with E-state index in [9.17, 15) is 34.5 Å². The fraction of sp³-hybridized carbons (Fsp3) is 0.805. The monoisotopic (exact) mass is 813 g/mol. The minimum Gasteiger partial charge on any atom is -0.462 e. The molecule has 0 aromatic carbocycles. The molecular weight excluding hydrogens is 746 g/mol. The van der Waals surface area contributed by atoms with Gasteiger partial charge in [-0.15, -0.1) is 0 Å². The van der Waals surface area contributed by atoms with E-state index in [2.05, 4.69) is 0 Å². The SMILES string of the molecule is CCC(=O)O[C@@H]1[C@@H](C)O[C@H](O[C@@H]2[C@@H](N(C)C)[C@H](O)[C@@H](O[C@@H]3[C@H](CC=O)C[C@H](C)[C@H](O)C=CC=CC[C@H](C)OC(=O)C[C@@H](OC(=O)CC)[C@H]3OC)O[C@H]2C)C[C@]1(C)O. The molecule has 0 radical (unpaired) electrons. The number of carbonyl (C=O) groups is 4. The molecule has 2 saturated heterocycles. The van der Waals surface area contributed by atoms with Gasteiger partial charge in [0.15, 0.2) is 18.7 Å². The molecule has 57 heavy (non-hydrogen) atoms. The van der Waals surface area contributed by atoms with Gasteiger partial charge in [0.2, 0.25) is 0 Å². The Bertz CT molecular complexity index is 1350. The van der Waals surface area contributed by atoms with E-state index in [1.165, 1.54) is 7.11 Å². The molecule has 326 valence electrons. The van der Waals surface area contributed by atoms with Crippen molar-refractivity contribution in [1.29, 1.82) is 0 Å². The molecule has 3 aliphatic rings. The summed E-state index contributed by atoms with van der Waals surface area (Å²) in [5, 5.41) is 34.5. The summed E-state index contributed by atoms with van der Waals surface area (Å²) in [6, 6.07) is -0.779. The highest BCUT2D eigenvalue weighted by Gasteiger charge is 2.53. The van der Waals surface area contributed by atoms with Gasteiger partial charge < -0.3 is 62.9 Å². The van der Waals surface area contributed by atoms with Gasteiger partial charge >= 0.3 is 17.9 Å². The maximum Gasteiger partial charge on any atom is 0.309 e. The van der Waals surface area contributed by atoms with E-state index in [4.69, 9.17) is 37.9 Å². The largest absolute Gasteiger partial charge is 0.462 e. The first-order valence-corrected chi connectivity index (χ1v) is 20.1. The summed E-state index contributed by atoms with van der Waals surface area (Å²) in [5.41, 5.74) is -1.49. The molecule has 3 aliphatic heterocycles. The third-order valence-electron chi connectivity index (χ3n) is 10.9. The fourth-order valence-electron chi connectivity index (χ4n) is 7.82. The maximum atomic E-state index is 13.3.